The minimum absolute atomic E-state index is 0.261. The summed E-state index contributed by atoms with van der Waals surface area (Å²) in [6, 6.07) is 4.41. The summed E-state index contributed by atoms with van der Waals surface area (Å²) in [5.41, 5.74) is -0.697. The van der Waals surface area contributed by atoms with Crippen molar-refractivity contribution in [3.8, 4) is 0 Å². The molecule has 3 amide bonds. The molecule has 6 heteroatoms. The number of nitrogens with one attached hydrogen (secondary N) is 1. The van der Waals surface area contributed by atoms with Crippen molar-refractivity contribution in [2.75, 3.05) is 6.54 Å². The number of hydrogen-bond acceptors (Lipinski definition) is 3. The SMILES string of the molecule is CCC1(C)NC(=O)N(CC(=O)c2ccc(F)cc2)C1=O. The van der Waals surface area contributed by atoms with Gasteiger partial charge in [0.25, 0.3) is 5.91 Å². The van der Waals surface area contributed by atoms with Crippen LogP contribution in [-0.2, 0) is 4.79 Å². The zero-order valence-electron chi connectivity index (χ0n) is 11.3. The molecule has 1 aromatic rings. The molecule has 0 aliphatic carbocycles. The van der Waals surface area contributed by atoms with Crippen LogP contribution >= 0.6 is 0 Å². The predicted octanol–water partition coefficient (Wildman–Crippen LogP) is 1.73. The molecule has 0 aromatic heterocycles. The number of amides is 3. The lowest BCUT2D eigenvalue weighted by Gasteiger charge is -2.18. The number of halogens is 1. The highest BCUT2D eigenvalue weighted by Gasteiger charge is 2.46. The summed E-state index contributed by atoms with van der Waals surface area (Å²) in [7, 11) is 0. The van der Waals surface area contributed by atoms with Crippen molar-refractivity contribution in [3.63, 3.8) is 0 Å². The summed E-state index contributed by atoms with van der Waals surface area (Å²) >= 11 is 0. The van der Waals surface area contributed by atoms with E-state index in [0.717, 1.165) is 17.0 Å². The third-order valence-corrected chi connectivity index (χ3v) is 3.52. The Bertz CT molecular complexity index is 570. The number of rotatable bonds is 4. The molecule has 0 saturated carbocycles. The van der Waals surface area contributed by atoms with Gasteiger partial charge in [0.2, 0.25) is 0 Å². The molecular weight excluding hydrogens is 263 g/mol. The van der Waals surface area contributed by atoms with Gasteiger partial charge in [-0.1, -0.05) is 6.92 Å². The molecule has 1 aliphatic heterocycles. The molecule has 0 radical (unpaired) electrons. The third kappa shape index (κ3) is 2.41. The minimum atomic E-state index is -0.958. The van der Waals surface area contributed by atoms with E-state index in [1.807, 2.05) is 0 Å². The maximum atomic E-state index is 12.8. The number of carbonyl (C=O) groups excluding carboxylic acids is 3. The van der Waals surface area contributed by atoms with Crippen LogP contribution in [0.15, 0.2) is 24.3 Å². The van der Waals surface area contributed by atoms with Gasteiger partial charge in [-0.2, -0.15) is 0 Å². The maximum absolute atomic E-state index is 12.8. The lowest BCUT2D eigenvalue weighted by Crippen LogP contribution is -2.43. The predicted molar refractivity (Wildman–Crippen MR) is 69.7 cm³/mol. The summed E-state index contributed by atoms with van der Waals surface area (Å²) in [5, 5.41) is 2.57. The van der Waals surface area contributed by atoms with Crippen LogP contribution in [0.5, 0.6) is 0 Å². The molecule has 0 bridgehead atoms. The van der Waals surface area contributed by atoms with Crippen LogP contribution in [0.2, 0.25) is 0 Å². The fraction of sp³-hybridized carbons (Fsp3) is 0.357. The minimum Gasteiger partial charge on any atom is -0.323 e. The van der Waals surface area contributed by atoms with E-state index in [1.165, 1.54) is 12.1 Å². The van der Waals surface area contributed by atoms with Crippen molar-refractivity contribution in [2.45, 2.75) is 25.8 Å². The fourth-order valence-electron chi connectivity index (χ4n) is 2.00. The molecule has 5 nitrogen and oxygen atoms in total. The largest absolute Gasteiger partial charge is 0.325 e. The van der Waals surface area contributed by atoms with E-state index in [2.05, 4.69) is 5.32 Å². The van der Waals surface area contributed by atoms with Gasteiger partial charge in [-0.25, -0.2) is 9.18 Å². The monoisotopic (exact) mass is 278 g/mol. The van der Waals surface area contributed by atoms with Gasteiger partial charge in [0.05, 0.1) is 6.54 Å². The quantitative estimate of drug-likeness (QED) is 0.673. The second-order valence-corrected chi connectivity index (χ2v) is 4.94. The van der Waals surface area contributed by atoms with E-state index in [1.54, 1.807) is 13.8 Å². The Morgan fingerprint density at radius 1 is 1.30 bits per heavy atom. The van der Waals surface area contributed by atoms with E-state index in [-0.39, 0.29) is 12.1 Å². The van der Waals surface area contributed by atoms with E-state index < -0.39 is 29.1 Å². The molecule has 1 atom stereocenters. The molecule has 1 aromatic carbocycles. The first kappa shape index (κ1) is 14.2. The lowest BCUT2D eigenvalue weighted by atomic mass is 9.99. The first-order valence-corrected chi connectivity index (χ1v) is 6.30. The molecule has 1 fully saturated rings. The van der Waals surface area contributed by atoms with Gasteiger partial charge in [0.1, 0.15) is 11.4 Å². The number of carbonyl (C=O) groups is 3. The van der Waals surface area contributed by atoms with Crippen molar-refractivity contribution >= 4 is 17.7 Å². The van der Waals surface area contributed by atoms with Crippen molar-refractivity contribution in [2.24, 2.45) is 0 Å². The highest BCUT2D eigenvalue weighted by Crippen LogP contribution is 2.21. The average molecular weight is 278 g/mol. The zero-order chi connectivity index (χ0) is 14.9. The van der Waals surface area contributed by atoms with E-state index in [9.17, 15) is 18.8 Å². The number of nitrogens with zero attached hydrogens (tertiary/aromatic N) is 1. The lowest BCUT2D eigenvalue weighted by molar-refractivity contribution is -0.130. The Hall–Kier alpha value is -2.24. The Balaban J connectivity index is 2.14. The summed E-state index contributed by atoms with van der Waals surface area (Å²) < 4.78 is 12.8. The molecule has 1 N–H and O–H groups in total. The average Bonchev–Trinajstić information content (AvgIpc) is 2.64. The molecular formula is C14H15FN2O3. The van der Waals surface area contributed by atoms with Gasteiger partial charge in [-0.05, 0) is 37.6 Å². The van der Waals surface area contributed by atoms with Crippen LogP contribution in [0.1, 0.15) is 30.6 Å². The molecule has 1 heterocycles. The second kappa shape index (κ2) is 5.03. The third-order valence-electron chi connectivity index (χ3n) is 3.52. The zero-order valence-corrected chi connectivity index (χ0v) is 11.3. The van der Waals surface area contributed by atoms with Crippen LogP contribution < -0.4 is 5.32 Å². The number of imide groups is 1. The van der Waals surface area contributed by atoms with Gasteiger partial charge in [-0.15, -0.1) is 0 Å². The van der Waals surface area contributed by atoms with E-state index >= 15 is 0 Å². The van der Waals surface area contributed by atoms with Crippen LogP contribution in [0, 0.1) is 5.82 Å². The van der Waals surface area contributed by atoms with Gasteiger partial charge in [-0.3, -0.25) is 14.5 Å². The molecule has 0 spiro atoms. The molecule has 106 valence electrons. The van der Waals surface area contributed by atoms with Crippen LogP contribution in [0.3, 0.4) is 0 Å². The first-order valence-electron chi connectivity index (χ1n) is 6.30. The molecule has 1 saturated heterocycles. The first-order chi connectivity index (χ1) is 9.37. The van der Waals surface area contributed by atoms with Crippen LogP contribution in [0.25, 0.3) is 0 Å². The maximum Gasteiger partial charge on any atom is 0.325 e. The number of benzene rings is 1. The fourth-order valence-corrected chi connectivity index (χ4v) is 2.00. The Kier molecular flexibility index (Phi) is 3.57. The van der Waals surface area contributed by atoms with Crippen molar-refractivity contribution in [1.29, 1.82) is 0 Å². The van der Waals surface area contributed by atoms with Crippen LogP contribution in [0.4, 0.5) is 9.18 Å². The second-order valence-electron chi connectivity index (χ2n) is 4.94. The molecule has 20 heavy (non-hydrogen) atoms. The Labute approximate surface area is 115 Å². The summed E-state index contributed by atoms with van der Waals surface area (Å²) in [6.07, 6.45) is 0.443. The van der Waals surface area contributed by atoms with Gasteiger partial charge in [0, 0.05) is 5.56 Å². The summed E-state index contributed by atoms with van der Waals surface area (Å²) in [5.74, 6) is -1.27. The highest BCUT2D eigenvalue weighted by atomic mass is 19.1. The standard InChI is InChI=1S/C14H15FN2O3/c1-3-14(2)12(19)17(13(20)16-14)8-11(18)9-4-6-10(15)7-5-9/h4-7H,3,8H2,1-2H3,(H,16,20). The Morgan fingerprint density at radius 2 is 1.90 bits per heavy atom. The van der Waals surface area contributed by atoms with Crippen LogP contribution in [-0.4, -0.2) is 34.7 Å². The highest BCUT2D eigenvalue weighted by molar-refractivity contribution is 6.10. The summed E-state index contributed by atoms with van der Waals surface area (Å²) in [4.78, 5) is 36.8. The molecule has 1 aliphatic rings. The number of hydrogen-bond donors (Lipinski definition) is 1. The Morgan fingerprint density at radius 3 is 2.40 bits per heavy atom. The molecule has 2 rings (SSSR count). The van der Waals surface area contributed by atoms with Crippen molar-refractivity contribution in [3.05, 3.63) is 35.6 Å². The normalized spacial score (nSPS) is 22.1. The smallest absolute Gasteiger partial charge is 0.323 e. The van der Waals surface area contributed by atoms with Gasteiger partial charge < -0.3 is 5.32 Å². The van der Waals surface area contributed by atoms with E-state index in [4.69, 9.17) is 0 Å². The number of Topliss-reactive ketones (excluding diaryl/α,β-unsaturated/α-hetero) is 1. The summed E-state index contributed by atoms with van der Waals surface area (Å²) in [6.45, 7) is 3.06. The number of urea groups is 1. The number of ketones is 1. The molecule has 1 unspecified atom stereocenters. The van der Waals surface area contributed by atoms with E-state index in [0.29, 0.717) is 6.42 Å². The van der Waals surface area contributed by atoms with Crippen molar-refractivity contribution < 1.29 is 18.8 Å². The van der Waals surface area contributed by atoms with Gasteiger partial charge >= 0.3 is 6.03 Å². The van der Waals surface area contributed by atoms with Gasteiger partial charge in [0.15, 0.2) is 5.78 Å². The van der Waals surface area contributed by atoms with Crippen molar-refractivity contribution in [1.82, 2.24) is 10.2 Å². The topological polar surface area (TPSA) is 66.5 Å².